The van der Waals surface area contributed by atoms with E-state index >= 15 is 0 Å². The fourth-order valence-electron chi connectivity index (χ4n) is 2.67. The fourth-order valence-corrected chi connectivity index (χ4v) is 2.67. The van der Waals surface area contributed by atoms with Gasteiger partial charge in [-0.2, -0.15) is 0 Å². The highest BCUT2D eigenvalue weighted by Crippen LogP contribution is 2.31. The van der Waals surface area contributed by atoms with Crippen molar-refractivity contribution in [3.63, 3.8) is 0 Å². The van der Waals surface area contributed by atoms with Gasteiger partial charge in [0, 0.05) is 6.04 Å². The molecule has 2 N–H and O–H groups in total. The number of para-hydroxylation sites is 1. The highest BCUT2D eigenvalue weighted by molar-refractivity contribution is 5.40. The second-order valence-corrected chi connectivity index (χ2v) is 5.13. The maximum Gasteiger partial charge on any atom is 0.127 e. The van der Waals surface area contributed by atoms with Gasteiger partial charge in [0.15, 0.2) is 0 Å². The van der Waals surface area contributed by atoms with Crippen molar-refractivity contribution in [1.29, 1.82) is 0 Å². The Bertz CT molecular complexity index is 550. The molecule has 0 fully saturated rings. The van der Waals surface area contributed by atoms with Gasteiger partial charge in [-0.25, -0.2) is 0 Å². The van der Waals surface area contributed by atoms with E-state index < -0.39 is 0 Å². The van der Waals surface area contributed by atoms with Gasteiger partial charge in [-0.1, -0.05) is 30.7 Å². The number of benzene rings is 2. The van der Waals surface area contributed by atoms with Crippen molar-refractivity contribution in [2.45, 2.75) is 31.7 Å². The molecule has 1 aliphatic rings. The summed E-state index contributed by atoms with van der Waals surface area (Å²) in [6.45, 7) is 0. The SMILES string of the molecule is NC1CCCCc2ccc(Oc3ccccc3)cc21. The van der Waals surface area contributed by atoms with E-state index in [0.29, 0.717) is 0 Å². The molecule has 1 atom stereocenters. The van der Waals surface area contributed by atoms with E-state index in [1.54, 1.807) is 0 Å². The summed E-state index contributed by atoms with van der Waals surface area (Å²) in [4.78, 5) is 0. The summed E-state index contributed by atoms with van der Waals surface area (Å²) in [6.07, 6.45) is 4.65. The number of hydrogen-bond donors (Lipinski definition) is 1. The van der Waals surface area contributed by atoms with Crippen molar-refractivity contribution >= 4 is 0 Å². The third kappa shape index (κ3) is 2.79. The Hall–Kier alpha value is -1.80. The van der Waals surface area contributed by atoms with Crippen LogP contribution in [0.25, 0.3) is 0 Å². The quantitative estimate of drug-likeness (QED) is 0.814. The molecule has 0 bridgehead atoms. The lowest BCUT2D eigenvalue weighted by atomic mass is 9.99. The molecular formula is C17H19NO. The first-order chi connectivity index (χ1) is 9.33. The average Bonchev–Trinajstić information content (AvgIpc) is 2.62. The topological polar surface area (TPSA) is 35.2 Å². The van der Waals surface area contributed by atoms with Crippen LogP contribution in [0.5, 0.6) is 11.5 Å². The minimum Gasteiger partial charge on any atom is -0.457 e. The van der Waals surface area contributed by atoms with Gasteiger partial charge in [-0.05, 0) is 54.7 Å². The van der Waals surface area contributed by atoms with E-state index in [0.717, 1.165) is 24.3 Å². The summed E-state index contributed by atoms with van der Waals surface area (Å²) < 4.78 is 5.88. The van der Waals surface area contributed by atoms with Crippen molar-refractivity contribution < 1.29 is 4.74 Å². The number of fused-ring (bicyclic) bond motifs is 1. The Morgan fingerprint density at radius 1 is 0.947 bits per heavy atom. The Balaban J connectivity index is 1.88. The molecule has 0 aromatic heterocycles. The molecule has 2 nitrogen and oxygen atoms in total. The molecule has 0 amide bonds. The predicted octanol–water partition coefficient (Wildman–Crippen LogP) is 4.21. The lowest BCUT2D eigenvalue weighted by molar-refractivity contribution is 0.480. The number of hydrogen-bond acceptors (Lipinski definition) is 2. The number of rotatable bonds is 2. The molecule has 2 aromatic carbocycles. The zero-order chi connectivity index (χ0) is 13.1. The first kappa shape index (κ1) is 12.2. The second kappa shape index (κ2) is 5.45. The second-order valence-electron chi connectivity index (χ2n) is 5.13. The number of nitrogens with two attached hydrogens (primary N) is 1. The predicted molar refractivity (Wildman–Crippen MR) is 77.4 cm³/mol. The minimum absolute atomic E-state index is 0.150. The van der Waals surface area contributed by atoms with E-state index in [9.17, 15) is 0 Å². The molecule has 0 saturated heterocycles. The van der Waals surface area contributed by atoms with E-state index in [-0.39, 0.29) is 6.04 Å². The van der Waals surface area contributed by atoms with Crippen molar-refractivity contribution in [2.24, 2.45) is 5.73 Å². The zero-order valence-electron chi connectivity index (χ0n) is 11.0. The first-order valence-corrected chi connectivity index (χ1v) is 6.94. The lowest BCUT2D eigenvalue weighted by Gasteiger charge is -2.14. The van der Waals surface area contributed by atoms with Crippen LogP contribution in [0.4, 0.5) is 0 Å². The summed E-state index contributed by atoms with van der Waals surface area (Å²) in [5.41, 5.74) is 8.89. The molecule has 2 aromatic rings. The van der Waals surface area contributed by atoms with Crippen LogP contribution in [0.2, 0.25) is 0 Å². The fraction of sp³-hybridized carbons (Fsp3) is 0.294. The molecule has 0 heterocycles. The monoisotopic (exact) mass is 253 g/mol. The van der Waals surface area contributed by atoms with Gasteiger partial charge >= 0.3 is 0 Å². The van der Waals surface area contributed by atoms with Gasteiger partial charge in [-0.15, -0.1) is 0 Å². The Morgan fingerprint density at radius 2 is 1.79 bits per heavy atom. The zero-order valence-corrected chi connectivity index (χ0v) is 11.0. The normalized spacial score (nSPS) is 18.5. The number of aryl methyl sites for hydroxylation is 1. The van der Waals surface area contributed by atoms with Gasteiger partial charge in [0.25, 0.3) is 0 Å². The highest BCUT2D eigenvalue weighted by atomic mass is 16.5. The Morgan fingerprint density at radius 3 is 2.63 bits per heavy atom. The summed E-state index contributed by atoms with van der Waals surface area (Å²) in [5, 5.41) is 0. The molecule has 1 aliphatic carbocycles. The van der Waals surface area contributed by atoms with Crippen LogP contribution in [0, 0.1) is 0 Å². The van der Waals surface area contributed by atoms with E-state index in [1.165, 1.54) is 24.0 Å². The first-order valence-electron chi connectivity index (χ1n) is 6.94. The van der Waals surface area contributed by atoms with Gasteiger partial charge in [0.2, 0.25) is 0 Å². The average molecular weight is 253 g/mol. The largest absolute Gasteiger partial charge is 0.457 e. The van der Waals surface area contributed by atoms with E-state index in [4.69, 9.17) is 10.5 Å². The molecule has 2 heteroatoms. The Labute approximate surface area is 114 Å². The van der Waals surface area contributed by atoms with E-state index in [1.807, 2.05) is 36.4 Å². The standard InChI is InChI=1S/C17H19NO/c18-17-9-5-4-6-13-10-11-15(12-16(13)17)19-14-7-2-1-3-8-14/h1-3,7-8,10-12,17H,4-6,9,18H2. The summed E-state index contributed by atoms with van der Waals surface area (Å²) >= 11 is 0. The summed E-state index contributed by atoms with van der Waals surface area (Å²) in [6, 6.07) is 16.3. The Kier molecular flexibility index (Phi) is 3.51. The van der Waals surface area contributed by atoms with Crippen molar-refractivity contribution in [1.82, 2.24) is 0 Å². The van der Waals surface area contributed by atoms with Crippen LogP contribution < -0.4 is 10.5 Å². The molecule has 0 spiro atoms. The van der Waals surface area contributed by atoms with Gasteiger partial charge in [0.1, 0.15) is 11.5 Å². The smallest absolute Gasteiger partial charge is 0.127 e. The van der Waals surface area contributed by atoms with E-state index in [2.05, 4.69) is 12.1 Å². The van der Waals surface area contributed by atoms with Crippen LogP contribution in [-0.2, 0) is 6.42 Å². The van der Waals surface area contributed by atoms with Crippen LogP contribution >= 0.6 is 0 Å². The maximum atomic E-state index is 6.25. The molecule has 0 aliphatic heterocycles. The maximum absolute atomic E-state index is 6.25. The third-order valence-corrected chi connectivity index (χ3v) is 3.71. The molecule has 0 saturated carbocycles. The molecule has 19 heavy (non-hydrogen) atoms. The molecule has 3 rings (SSSR count). The van der Waals surface area contributed by atoms with Gasteiger partial charge in [0.05, 0.1) is 0 Å². The highest BCUT2D eigenvalue weighted by Gasteiger charge is 2.15. The molecule has 98 valence electrons. The number of ether oxygens (including phenoxy) is 1. The summed E-state index contributed by atoms with van der Waals surface area (Å²) in [5.74, 6) is 1.74. The van der Waals surface area contributed by atoms with Crippen LogP contribution in [0.3, 0.4) is 0 Å². The van der Waals surface area contributed by atoms with Crippen LogP contribution in [0.15, 0.2) is 48.5 Å². The summed E-state index contributed by atoms with van der Waals surface area (Å²) in [7, 11) is 0. The van der Waals surface area contributed by atoms with Crippen molar-refractivity contribution in [3.05, 3.63) is 59.7 Å². The molecule has 0 radical (unpaired) electrons. The van der Waals surface area contributed by atoms with Crippen LogP contribution in [0.1, 0.15) is 36.4 Å². The van der Waals surface area contributed by atoms with Crippen molar-refractivity contribution in [2.75, 3.05) is 0 Å². The van der Waals surface area contributed by atoms with Crippen LogP contribution in [-0.4, -0.2) is 0 Å². The van der Waals surface area contributed by atoms with Gasteiger partial charge < -0.3 is 10.5 Å². The lowest BCUT2D eigenvalue weighted by Crippen LogP contribution is -2.10. The minimum atomic E-state index is 0.150. The molecular weight excluding hydrogens is 234 g/mol. The van der Waals surface area contributed by atoms with Gasteiger partial charge in [-0.3, -0.25) is 0 Å². The molecule has 1 unspecified atom stereocenters. The third-order valence-electron chi connectivity index (χ3n) is 3.71. The van der Waals surface area contributed by atoms with Crippen molar-refractivity contribution in [3.8, 4) is 11.5 Å².